The van der Waals surface area contributed by atoms with Crippen LogP contribution >= 0.6 is 0 Å². The van der Waals surface area contributed by atoms with Crippen molar-refractivity contribution in [3.63, 3.8) is 0 Å². The summed E-state index contributed by atoms with van der Waals surface area (Å²) in [6, 6.07) is 4.03. The Morgan fingerprint density at radius 2 is 2.12 bits per heavy atom. The van der Waals surface area contributed by atoms with E-state index in [4.69, 9.17) is 11.5 Å². The molecule has 3 rings (SSSR count). The molecule has 0 aliphatic rings. The number of aromatic nitrogens is 4. The Morgan fingerprint density at radius 1 is 1.36 bits per heavy atom. The van der Waals surface area contributed by atoms with Crippen molar-refractivity contribution >= 4 is 28.9 Å². The van der Waals surface area contributed by atoms with E-state index in [2.05, 4.69) is 25.1 Å². The van der Waals surface area contributed by atoms with Crippen molar-refractivity contribution in [1.29, 1.82) is 0 Å². The fourth-order valence-electron chi connectivity index (χ4n) is 2.04. The van der Waals surface area contributed by atoms with E-state index in [0.29, 0.717) is 0 Å². The Labute approximate surface area is 137 Å². The fraction of sp³-hybridized carbons (Fsp3) is 0.0769. The first-order valence-corrected chi connectivity index (χ1v) is 6.66. The minimum atomic E-state index is -4.91. The van der Waals surface area contributed by atoms with Crippen molar-refractivity contribution < 1.29 is 22.7 Å². The molecule has 5 N–H and O–H groups in total. The first kappa shape index (κ1) is 16.3. The maximum absolute atomic E-state index is 12.4. The van der Waals surface area contributed by atoms with Gasteiger partial charge in [-0.25, -0.2) is 9.97 Å². The molecular weight excluding hydrogens is 343 g/mol. The molecule has 0 aliphatic heterocycles. The van der Waals surface area contributed by atoms with Crippen molar-refractivity contribution in [2.24, 2.45) is 5.73 Å². The van der Waals surface area contributed by atoms with Gasteiger partial charge in [0.15, 0.2) is 5.65 Å². The maximum atomic E-state index is 12.4. The molecule has 0 saturated heterocycles. The molecule has 3 aromatic rings. The maximum Gasteiger partial charge on any atom is 0.574 e. The molecule has 0 aliphatic carbocycles. The van der Waals surface area contributed by atoms with Crippen LogP contribution < -0.4 is 21.5 Å². The van der Waals surface area contributed by atoms with Gasteiger partial charge in [-0.3, -0.25) is 4.79 Å². The topological polar surface area (TPSA) is 133 Å². The van der Waals surface area contributed by atoms with Gasteiger partial charge in [-0.15, -0.1) is 13.2 Å². The van der Waals surface area contributed by atoms with E-state index in [1.54, 1.807) is 0 Å². The average molecular weight is 353 g/mol. The summed E-state index contributed by atoms with van der Waals surface area (Å²) in [5, 5.41) is 6.48. The van der Waals surface area contributed by atoms with Crippen molar-refractivity contribution in [3.05, 3.63) is 36.2 Å². The molecule has 3 aromatic heterocycles. The van der Waals surface area contributed by atoms with Crippen molar-refractivity contribution in [1.82, 2.24) is 19.6 Å². The number of nitrogens with one attached hydrogen (secondary N) is 1. The van der Waals surface area contributed by atoms with E-state index in [1.807, 2.05) is 0 Å². The lowest BCUT2D eigenvalue weighted by Gasteiger charge is -2.13. The molecule has 9 nitrogen and oxygen atoms in total. The molecule has 3 heterocycles. The standard InChI is InChI=1S/C13H10F3N7O2/c14-13(15,16)25-12-7(2-1-3-19-12)21-9-4-8(17)23-11(22-9)6(5-20-23)10(18)24/h1-5H,17H2,(H2,18,24)(H,21,22). The SMILES string of the molecule is NC(=O)c1cnn2c(N)cc(Nc3cccnc3OC(F)(F)F)nc12. The smallest absolute Gasteiger partial charge is 0.386 e. The van der Waals surface area contributed by atoms with Gasteiger partial charge in [0.05, 0.1) is 6.20 Å². The van der Waals surface area contributed by atoms with Crippen LogP contribution in [-0.2, 0) is 0 Å². The number of rotatable bonds is 4. The molecule has 0 atom stereocenters. The second kappa shape index (κ2) is 5.81. The summed E-state index contributed by atoms with van der Waals surface area (Å²) >= 11 is 0. The zero-order valence-electron chi connectivity index (χ0n) is 12.3. The van der Waals surface area contributed by atoms with Crippen LogP contribution in [0.5, 0.6) is 5.88 Å². The normalized spacial score (nSPS) is 11.5. The van der Waals surface area contributed by atoms with Gasteiger partial charge in [-0.1, -0.05) is 0 Å². The van der Waals surface area contributed by atoms with E-state index in [9.17, 15) is 18.0 Å². The number of carbonyl (C=O) groups excluding carboxylic acids is 1. The van der Waals surface area contributed by atoms with Gasteiger partial charge in [0.25, 0.3) is 5.91 Å². The molecule has 12 heteroatoms. The molecule has 25 heavy (non-hydrogen) atoms. The quantitative estimate of drug-likeness (QED) is 0.646. The molecule has 0 radical (unpaired) electrons. The number of amides is 1. The Morgan fingerprint density at radius 3 is 2.80 bits per heavy atom. The summed E-state index contributed by atoms with van der Waals surface area (Å²) in [7, 11) is 0. The minimum absolute atomic E-state index is 0.00769. The number of nitrogen functional groups attached to an aromatic ring is 1. The monoisotopic (exact) mass is 353 g/mol. The number of nitrogens with two attached hydrogens (primary N) is 2. The third-order valence-corrected chi connectivity index (χ3v) is 3.01. The number of fused-ring (bicyclic) bond motifs is 1. The van der Waals surface area contributed by atoms with Gasteiger partial charge in [0, 0.05) is 12.3 Å². The zero-order chi connectivity index (χ0) is 18.2. The largest absolute Gasteiger partial charge is 0.574 e. The molecule has 1 amide bonds. The predicted molar refractivity (Wildman–Crippen MR) is 80.1 cm³/mol. The number of alkyl halides is 3. The summed E-state index contributed by atoms with van der Waals surface area (Å²) in [6.07, 6.45) is -2.59. The highest BCUT2D eigenvalue weighted by Crippen LogP contribution is 2.30. The molecule has 0 aromatic carbocycles. The number of hydrogen-bond donors (Lipinski definition) is 3. The molecule has 0 bridgehead atoms. The third-order valence-electron chi connectivity index (χ3n) is 3.01. The van der Waals surface area contributed by atoms with Crippen LogP contribution in [0.25, 0.3) is 5.65 Å². The van der Waals surface area contributed by atoms with E-state index in [1.165, 1.54) is 28.9 Å². The van der Waals surface area contributed by atoms with Gasteiger partial charge in [0.2, 0.25) is 5.88 Å². The molecule has 130 valence electrons. The number of halogens is 3. The second-order valence-corrected chi connectivity index (χ2v) is 4.75. The van der Waals surface area contributed by atoms with Crippen LogP contribution in [0.15, 0.2) is 30.6 Å². The lowest BCUT2D eigenvalue weighted by molar-refractivity contribution is -0.275. The molecule has 0 spiro atoms. The Hall–Kier alpha value is -3.57. The second-order valence-electron chi connectivity index (χ2n) is 4.75. The van der Waals surface area contributed by atoms with Gasteiger partial charge < -0.3 is 21.5 Å². The van der Waals surface area contributed by atoms with E-state index < -0.39 is 18.1 Å². The van der Waals surface area contributed by atoms with Crippen molar-refractivity contribution in [2.45, 2.75) is 6.36 Å². The summed E-state index contributed by atoms with van der Waals surface area (Å²) in [6.45, 7) is 0. The molecular formula is C13H10F3N7O2. The highest BCUT2D eigenvalue weighted by Gasteiger charge is 2.33. The summed E-state index contributed by atoms with van der Waals surface area (Å²) < 4.78 is 42.3. The van der Waals surface area contributed by atoms with Crippen LogP contribution in [0.1, 0.15) is 10.4 Å². The predicted octanol–water partition coefficient (Wildman–Crippen LogP) is 1.45. The highest BCUT2D eigenvalue weighted by molar-refractivity contribution is 5.98. The number of ether oxygens (including phenoxy) is 1. The van der Waals surface area contributed by atoms with Gasteiger partial charge >= 0.3 is 6.36 Å². The fourth-order valence-corrected chi connectivity index (χ4v) is 2.04. The number of primary amides is 1. The first-order chi connectivity index (χ1) is 11.7. The van der Waals surface area contributed by atoms with Crippen LogP contribution in [0, 0.1) is 0 Å². The number of anilines is 3. The van der Waals surface area contributed by atoms with Crippen molar-refractivity contribution in [2.75, 3.05) is 11.1 Å². The molecule has 0 unspecified atom stereocenters. The van der Waals surface area contributed by atoms with Crippen LogP contribution in [0.4, 0.5) is 30.5 Å². The van der Waals surface area contributed by atoms with Gasteiger partial charge in [-0.2, -0.15) is 9.61 Å². The third kappa shape index (κ3) is 3.36. The lowest BCUT2D eigenvalue weighted by atomic mass is 10.3. The number of pyridine rings is 1. The van der Waals surface area contributed by atoms with E-state index >= 15 is 0 Å². The molecule has 0 fully saturated rings. The lowest BCUT2D eigenvalue weighted by Crippen LogP contribution is -2.18. The average Bonchev–Trinajstić information content (AvgIpc) is 2.92. The van der Waals surface area contributed by atoms with Crippen LogP contribution in [0.2, 0.25) is 0 Å². The number of carbonyl (C=O) groups is 1. The summed E-state index contributed by atoms with van der Waals surface area (Å²) in [5.41, 5.74) is 11.0. The van der Waals surface area contributed by atoms with Gasteiger partial charge in [-0.05, 0) is 12.1 Å². The Balaban J connectivity index is 2.02. The van der Waals surface area contributed by atoms with E-state index in [0.717, 1.165) is 6.20 Å². The number of hydrogen-bond acceptors (Lipinski definition) is 7. The first-order valence-electron chi connectivity index (χ1n) is 6.66. The van der Waals surface area contributed by atoms with E-state index in [-0.39, 0.29) is 28.5 Å². The highest BCUT2D eigenvalue weighted by atomic mass is 19.4. The summed E-state index contributed by atoms with van der Waals surface area (Å²) in [5.74, 6) is -1.34. The van der Waals surface area contributed by atoms with Crippen LogP contribution in [-0.4, -0.2) is 31.9 Å². The Bertz CT molecular complexity index is 954. The van der Waals surface area contributed by atoms with Gasteiger partial charge in [0.1, 0.15) is 22.9 Å². The molecule has 0 saturated carbocycles. The van der Waals surface area contributed by atoms with Crippen molar-refractivity contribution in [3.8, 4) is 5.88 Å². The summed E-state index contributed by atoms with van der Waals surface area (Å²) in [4.78, 5) is 19.0. The Kier molecular flexibility index (Phi) is 3.79. The van der Waals surface area contributed by atoms with Crippen LogP contribution in [0.3, 0.4) is 0 Å². The zero-order valence-corrected chi connectivity index (χ0v) is 12.3. The minimum Gasteiger partial charge on any atom is -0.386 e. The number of nitrogens with zero attached hydrogens (tertiary/aromatic N) is 4.